The van der Waals surface area contributed by atoms with Gasteiger partial charge in [0, 0.05) is 18.6 Å². The number of nitrogen functional groups attached to an aromatic ring is 1. The van der Waals surface area contributed by atoms with E-state index in [1.54, 1.807) is 11.3 Å². The Morgan fingerprint density at radius 1 is 1.42 bits per heavy atom. The van der Waals surface area contributed by atoms with Crippen LogP contribution < -0.4 is 5.73 Å². The van der Waals surface area contributed by atoms with E-state index in [0.29, 0.717) is 0 Å². The number of benzene rings is 1. The van der Waals surface area contributed by atoms with Gasteiger partial charge in [-0.2, -0.15) is 0 Å². The largest absolute Gasteiger partial charge is 0.390 e. The molecule has 0 amide bonds. The summed E-state index contributed by atoms with van der Waals surface area (Å²) in [6, 6.07) is 6.25. The highest BCUT2D eigenvalue weighted by Gasteiger charge is 2.05. The summed E-state index contributed by atoms with van der Waals surface area (Å²) >= 11 is 8.21. The summed E-state index contributed by atoms with van der Waals surface area (Å²) in [5.74, 6) is 0. The average molecular weight is 307 g/mol. The number of rotatable bonds is 0. The predicted molar refractivity (Wildman–Crippen MR) is 66.2 cm³/mol. The van der Waals surface area contributed by atoms with Crippen LogP contribution in [0.15, 0.2) is 23.1 Å². The minimum Gasteiger partial charge on any atom is -0.390 e. The molecule has 0 bridgehead atoms. The molecule has 0 aliphatic rings. The van der Waals surface area contributed by atoms with E-state index in [1.165, 1.54) is 8.27 Å². The number of nitrogens with two attached hydrogens (primary N) is 1. The summed E-state index contributed by atoms with van der Waals surface area (Å²) in [7, 11) is 0. The Labute approximate surface area is 93.5 Å². The number of anilines is 1. The number of fused-ring (bicyclic) bond motifs is 1. The van der Waals surface area contributed by atoms with E-state index in [4.69, 9.17) is 5.73 Å². The first kappa shape index (κ1) is 8.65. The van der Waals surface area contributed by atoms with Crippen molar-refractivity contribution in [1.29, 1.82) is 0 Å². The predicted octanol–water partition coefficient (Wildman–Crippen LogP) is 3.38. The van der Waals surface area contributed by atoms with Gasteiger partial charge >= 0.3 is 0 Å². The Bertz CT molecular complexity index is 436. The lowest BCUT2D eigenvalue weighted by atomic mass is 10.3. The molecule has 0 fully saturated rings. The second-order valence-corrected chi connectivity index (χ2v) is 5.23. The first-order valence-corrected chi connectivity index (χ1v) is 5.69. The SMILES string of the molecule is Nc1sc2cc(I)ccc2c1S. The molecule has 2 rings (SSSR count). The summed E-state index contributed by atoms with van der Waals surface area (Å²) in [5.41, 5.74) is 5.74. The first-order valence-electron chi connectivity index (χ1n) is 3.35. The second-order valence-electron chi connectivity index (χ2n) is 2.46. The zero-order valence-corrected chi connectivity index (χ0v) is 9.91. The highest BCUT2D eigenvalue weighted by Crippen LogP contribution is 2.36. The molecule has 0 saturated heterocycles. The fourth-order valence-corrected chi connectivity index (χ4v) is 3.10. The maximum absolute atomic E-state index is 5.74. The van der Waals surface area contributed by atoms with E-state index in [1.807, 2.05) is 0 Å². The van der Waals surface area contributed by atoms with Crippen molar-refractivity contribution in [1.82, 2.24) is 0 Å². The van der Waals surface area contributed by atoms with Gasteiger partial charge in [0.05, 0.1) is 0 Å². The van der Waals surface area contributed by atoms with Crippen molar-refractivity contribution in [3.05, 3.63) is 21.8 Å². The van der Waals surface area contributed by atoms with Crippen molar-refractivity contribution in [3.8, 4) is 0 Å². The van der Waals surface area contributed by atoms with Gasteiger partial charge in [-0.15, -0.1) is 24.0 Å². The fourth-order valence-electron chi connectivity index (χ4n) is 1.08. The van der Waals surface area contributed by atoms with Crippen LogP contribution in [0.5, 0.6) is 0 Å². The molecule has 0 saturated carbocycles. The van der Waals surface area contributed by atoms with Gasteiger partial charge < -0.3 is 5.73 Å². The first-order chi connectivity index (χ1) is 5.68. The van der Waals surface area contributed by atoms with Crippen LogP contribution in [0.4, 0.5) is 5.00 Å². The van der Waals surface area contributed by atoms with Crippen LogP contribution in [-0.4, -0.2) is 0 Å². The zero-order valence-electron chi connectivity index (χ0n) is 6.04. The average Bonchev–Trinajstić information content (AvgIpc) is 2.28. The van der Waals surface area contributed by atoms with E-state index < -0.39 is 0 Å². The lowest BCUT2D eigenvalue weighted by Crippen LogP contribution is -1.77. The maximum Gasteiger partial charge on any atom is 0.100 e. The molecule has 62 valence electrons. The molecule has 0 aliphatic heterocycles. The fraction of sp³-hybridized carbons (Fsp3) is 0. The molecule has 1 nitrogen and oxygen atoms in total. The van der Waals surface area contributed by atoms with Gasteiger partial charge in [-0.3, -0.25) is 0 Å². The maximum atomic E-state index is 5.74. The third-order valence-electron chi connectivity index (χ3n) is 1.65. The van der Waals surface area contributed by atoms with Crippen LogP contribution >= 0.6 is 46.6 Å². The molecular weight excluding hydrogens is 301 g/mol. The molecule has 0 atom stereocenters. The smallest absolute Gasteiger partial charge is 0.100 e. The molecule has 2 aromatic rings. The zero-order chi connectivity index (χ0) is 8.72. The summed E-state index contributed by atoms with van der Waals surface area (Å²) < 4.78 is 2.44. The molecule has 1 aromatic carbocycles. The Morgan fingerprint density at radius 2 is 2.17 bits per heavy atom. The standard InChI is InChI=1S/C8H6INS2/c9-4-1-2-5-6(3-4)12-8(10)7(5)11/h1-3,11H,10H2. The van der Waals surface area contributed by atoms with Gasteiger partial charge in [-0.1, -0.05) is 6.07 Å². The molecule has 1 aromatic heterocycles. The van der Waals surface area contributed by atoms with Gasteiger partial charge in [0.2, 0.25) is 0 Å². The third-order valence-corrected chi connectivity index (χ3v) is 3.94. The van der Waals surface area contributed by atoms with Crippen molar-refractivity contribution < 1.29 is 0 Å². The summed E-state index contributed by atoms with van der Waals surface area (Å²) in [6.45, 7) is 0. The van der Waals surface area contributed by atoms with Gasteiger partial charge in [-0.25, -0.2) is 0 Å². The number of thiol groups is 1. The summed E-state index contributed by atoms with van der Waals surface area (Å²) in [6.07, 6.45) is 0. The highest BCUT2D eigenvalue weighted by atomic mass is 127. The van der Waals surface area contributed by atoms with Crippen LogP contribution in [0.25, 0.3) is 10.1 Å². The van der Waals surface area contributed by atoms with Crippen molar-refractivity contribution in [2.75, 3.05) is 5.73 Å². The second kappa shape index (κ2) is 3.08. The van der Waals surface area contributed by atoms with E-state index >= 15 is 0 Å². The lowest BCUT2D eigenvalue weighted by molar-refractivity contribution is 1.65. The molecule has 0 radical (unpaired) electrons. The lowest BCUT2D eigenvalue weighted by Gasteiger charge is -1.91. The van der Waals surface area contributed by atoms with Crippen LogP contribution in [-0.2, 0) is 0 Å². The Hall–Kier alpha value is 0.0600. The molecule has 2 N–H and O–H groups in total. The van der Waals surface area contributed by atoms with Crippen LogP contribution in [0.3, 0.4) is 0 Å². The third kappa shape index (κ3) is 1.31. The van der Waals surface area contributed by atoms with E-state index in [9.17, 15) is 0 Å². The van der Waals surface area contributed by atoms with Crippen LogP contribution in [0.1, 0.15) is 0 Å². The molecule has 0 unspecified atom stereocenters. The van der Waals surface area contributed by atoms with Crippen molar-refractivity contribution in [2.24, 2.45) is 0 Å². The molecule has 4 heteroatoms. The summed E-state index contributed by atoms with van der Waals surface area (Å²) in [4.78, 5) is 0.909. The van der Waals surface area contributed by atoms with E-state index in [-0.39, 0.29) is 0 Å². The molecule has 0 spiro atoms. The van der Waals surface area contributed by atoms with Gasteiger partial charge in [0.25, 0.3) is 0 Å². The number of hydrogen-bond donors (Lipinski definition) is 2. The highest BCUT2D eigenvalue weighted by molar-refractivity contribution is 14.1. The monoisotopic (exact) mass is 307 g/mol. The van der Waals surface area contributed by atoms with Crippen molar-refractivity contribution >= 4 is 61.6 Å². The number of halogens is 1. The quantitative estimate of drug-likeness (QED) is 0.566. The van der Waals surface area contributed by atoms with Gasteiger partial charge in [0.1, 0.15) is 5.00 Å². The van der Waals surface area contributed by atoms with Crippen LogP contribution in [0.2, 0.25) is 0 Å². The Morgan fingerprint density at radius 3 is 2.92 bits per heavy atom. The minimum absolute atomic E-state index is 0.801. The van der Waals surface area contributed by atoms with Crippen molar-refractivity contribution in [3.63, 3.8) is 0 Å². The molecule has 0 aliphatic carbocycles. The number of thiophene rings is 1. The summed E-state index contributed by atoms with van der Waals surface area (Å²) in [5, 5.41) is 1.96. The Balaban J connectivity index is 2.87. The van der Waals surface area contributed by atoms with E-state index in [2.05, 4.69) is 53.4 Å². The van der Waals surface area contributed by atoms with Gasteiger partial charge in [0.15, 0.2) is 0 Å². The topological polar surface area (TPSA) is 26.0 Å². The Kier molecular flexibility index (Phi) is 2.22. The number of hydrogen-bond acceptors (Lipinski definition) is 3. The molecular formula is C8H6INS2. The van der Waals surface area contributed by atoms with Crippen molar-refractivity contribution in [2.45, 2.75) is 4.90 Å². The van der Waals surface area contributed by atoms with Crippen LogP contribution in [0, 0.1) is 3.57 Å². The minimum atomic E-state index is 0.801. The van der Waals surface area contributed by atoms with Gasteiger partial charge in [-0.05, 0) is 34.7 Å². The molecule has 1 heterocycles. The molecule has 12 heavy (non-hydrogen) atoms. The van der Waals surface area contributed by atoms with E-state index in [0.717, 1.165) is 15.3 Å². The normalized spacial score (nSPS) is 10.8.